The highest BCUT2D eigenvalue weighted by molar-refractivity contribution is 5.98. The first-order chi connectivity index (χ1) is 15.0. The van der Waals surface area contributed by atoms with Crippen molar-refractivity contribution in [1.29, 1.82) is 0 Å². The zero-order chi connectivity index (χ0) is 22.1. The van der Waals surface area contributed by atoms with Gasteiger partial charge in [-0.2, -0.15) is 0 Å². The van der Waals surface area contributed by atoms with Gasteiger partial charge in [-0.25, -0.2) is 4.79 Å². The number of benzene rings is 3. The fourth-order valence-electron chi connectivity index (χ4n) is 2.70. The molecular weight excluding hydrogens is 396 g/mol. The van der Waals surface area contributed by atoms with E-state index >= 15 is 0 Å². The van der Waals surface area contributed by atoms with E-state index in [1.807, 2.05) is 37.3 Å². The van der Waals surface area contributed by atoms with Crippen molar-refractivity contribution in [1.82, 2.24) is 5.32 Å². The maximum atomic E-state index is 12.2. The smallest absolute Gasteiger partial charge is 0.338 e. The van der Waals surface area contributed by atoms with Crippen LogP contribution >= 0.6 is 0 Å². The number of ether oxygens (including phenoxy) is 2. The van der Waals surface area contributed by atoms with Crippen LogP contribution in [-0.2, 0) is 9.53 Å². The Morgan fingerprint density at radius 2 is 1.52 bits per heavy atom. The second-order valence-corrected chi connectivity index (χ2v) is 6.50. The molecule has 0 spiro atoms. The topological polar surface area (TPSA) is 93.7 Å². The molecule has 3 aromatic carbocycles. The molecule has 2 N–H and O–H groups in total. The molecule has 2 amide bonds. The summed E-state index contributed by atoms with van der Waals surface area (Å²) in [6, 6.07) is 22.2. The summed E-state index contributed by atoms with van der Waals surface area (Å²) in [5.41, 5.74) is 1.16. The molecule has 0 aromatic heterocycles. The molecule has 31 heavy (non-hydrogen) atoms. The van der Waals surface area contributed by atoms with Gasteiger partial charge in [-0.3, -0.25) is 9.59 Å². The molecule has 7 heteroatoms. The predicted molar refractivity (Wildman–Crippen MR) is 116 cm³/mol. The Labute approximate surface area is 180 Å². The largest absolute Gasteiger partial charge is 0.457 e. The molecule has 0 saturated carbocycles. The number of hydrogen-bond acceptors (Lipinski definition) is 5. The van der Waals surface area contributed by atoms with Gasteiger partial charge in [0.25, 0.3) is 11.8 Å². The van der Waals surface area contributed by atoms with Crippen molar-refractivity contribution in [3.8, 4) is 11.5 Å². The van der Waals surface area contributed by atoms with Crippen LogP contribution in [0.3, 0.4) is 0 Å². The third-order valence-corrected chi connectivity index (χ3v) is 4.15. The molecule has 0 radical (unpaired) electrons. The van der Waals surface area contributed by atoms with Crippen LogP contribution in [0.5, 0.6) is 11.5 Å². The molecule has 0 fully saturated rings. The van der Waals surface area contributed by atoms with E-state index in [2.05, 4.69) is 10.6 Å². The summed E-state index contributed by atoms with van der Waals surface area (Å²) in [4.78, 5) is 36.2. The average molecular weight is 418 g/mol. The summed E-state index contributed by atoms with van der Waals surface area (Å²) in [6.45, 7) is 1.87. The SMILES string of the molecule is CCNC(=O)c1cccc(NC(=O)COC(=O)c2ccc(Oc3ccccc3)cc2)c1. The quantitative estimate of drug-likeness (QED) is 0.539. The van der Waals surface area contributed by atoms with E-state index in [4.69, 9.17) is 9.47 Å². The highest BCUT2D eigenvalue weighted by Gasteiger charge is 2.12. The van der Waals surface area contributed by atoms with Crippen molar-refractivity contribution in [2.24, 2.45) is 0 Å². The van der Waals surface area contributed by atoms with Crippen LogP contribution in [0.15, 0.2) is 78.9 Å². The van der Waals surface area contributed by atoms with Gasteiger partial charge >= 0.3 is 5.97 Å². The Balaban J connectivity index is 1.50. The molecule has 0 aliphatic heterocycles. The van der Waals surface area contributed by atoms with Crippen LogP contribution in [0.25, 0.3) is 0 Å². The molecule has 0 saturated heterocycles. The molecule has 3 rings (SSSR count). The maximum Gasteiger partial charge on any atom is 0.338 e. The van der Waals surface area contributed by atoms with Crippen molar-refractivity contribution in [2.75, 3.05) is 18.5 Å². The summed E-state index contributed by atoms with van der Waals surface area (Å²) < 4.78 is 10.7. The number of para-hydroxylation sites is 1. The first kappa shape index (κ1) is 21.6. The lowest BCUT2D eigenvalue weighted by Crippen LogP contribution is -2.23. The molecule has 158 valence electrons. The Hall–Kier alpha value is -4.13. The van der Waals surface area contributed by atoms with Gasteiger partial charge in [-0.1, -0.05) is 24.3 Å². The maximum absolute atomic E-state index is 12.2. The molecule has 0 aliphatic carbocycles. The molecule has 0 unspecified atom stereocenters. The van der Waals surface area contributed by atoms with Gasteiger partial charge in [0.1, 0.15) is 11.5 Å². The summed E-state index contributed by atoms with van der Waals surface area (Å²) >= 11 is 0. The minimum Gasteiger partial charge on any atom is -0.457 e. The lowest BCUT2D eigenvalue weighted by atomic mass is 10.2. The Kier molecular flexibility index (Phi) is 7.37. The van der Waals surface area contributed by atoms with Crippen molar-refractivity contribution < 1.29 is 23.9 Å². The number of nitrogens with one attached hydrogen (secondary N) is 2. The van der Waals surface area contributed by atoms with Crippen LogP contribution in [-0.4, -0.2) is 30.9 Å². The van der Waals surface area contributed by atoms with Crippen LogP contribution in [0.2, 0.25) is 0 Å². The standard InChI is InChI=1S/C24H22N2O5/c1-2-25-23(28)18-7-6-8-19(15-18)26-22(27)16-30-24(29)17-11-13-21(14-12-17)31-20-9-4-3-5-10-20/h3-15H,2,16H2,1H3,(H,25,28)(H,26,27). The number of carbonyl (C=O) groups is 3. The Morgan fingerprint density at radius 3 is 2.23 bits per heavy atom. The molecule has 0 atom stereocenters. The van der Waals surface area contributed by atoms with E-state index in [-0.39, 0.29) is 5.91 Å². The fourth-order valence-corrected chi connectivity index (χ4v) is 2.70. The van der Waals surface area contributed by atoms with E-state index in [0.29, 0.717) is 34.9 Å². The molecular formula is C24H22N2O5. The second-order valence-electron chi connectivity index (χ2n) is 6.50. The third kappa shape index (κ3) is 6.43. The minimum absolute atomic E-state index is 0.232. The van der Waals surface area contributed by atoms with Crippen LogP contribution < -0.4 is 15.4 Å². The molecule has 0 bridgehead atoms. The van der Waals surface area contributed by atoms with Gasteiger partial charge in [0.2, 0.25) is 0 Å². The number of hydrogen-bond donors (Lipinski definition) is 2. The van der Waals surface area contributed by atoms with Crippen LogP contribution in [0.1, 0.15) is 27.6 Å². The number of esters is 1. The lowest BCUT2D eigenvalue weighted by Gasteiger charge is -2.09. The first-order valence-corrected chi connectivity index (χ1v) is 9.73. The van der Waals surface area contributed by atoms with Crippen LogP contribution in [0, 0.1) is 0 Å². The zero-order valence-electron chi connectivity index (χ0n) is 17.0. The monoisotopic (exact) mass is 418 g/mol. The van der Waals surface area contributed by atoms with E-state index in [1.165, 1.54) is 0 Å². The normalized spacial score (nSPS) is 10.1. The second kappa shape index (κ2) is 10.6. The average Bonchev–Trinajstić information content (AvgIpc) is 2.79. The Morgan fingerprint density at radius 1 is 0.806 bits per heavy atom. The summed E-state index contributed by atoms with van der Waals surface area (Å²) in [5.74, 6) is -0.106. The van der Waals surface area contributed by atoms with Crippen molar-refractivity contribution in [3.05, 3.63) is 90.0 Å². The van der Waals surface area contributed by atoms with Crippen molar-refractivity contribution in [3.63, 3.8) is 0 Å². The molecule has 0 heterocycles. The molecule has 3 aromatic rings. The van der Waals surface area contributed by atoms with E-state index < -0.39 is 18.5 Å². The highest BCUT2D eigenvalue weighted by atomic mass is 16.5. The summed E-state index contributed by atoms with van der Waals surface area (Å²) in [6.07, 6.45) is 0. The fraction of sp³-hybridized carbons (Fsp3) is 0.125. The van der Waals surface area contributed by atoms with E-state index in [1.54, 1.807) is 48.5 Å². The molecule has 0 aliphatic rings. The van der Waals surface area contributed by atoms with Gasteiger partial charge < -0.3 is 20.1 Å². The van der Waals surface area contributed by atoms with Gasteiger partial charge in [0, 0.05) is 17.8 Å². The van der Waals surface area contributed by atoms with Gasteiger partial charge in [-0.15, -0.1) is 0 Å². The van der Waals surface area contributed by atoms with Gasteiger partial charge in [0.15, 0.2) is 6.61 Å². The number of amides is 2. The number of anilines is 1. The Bertz CT molecular complexity index is 1050. The van der Waals surface area contributed by atoms with E-state index in [0.717, 1.165) is 0 Å². The zero-order valence-corrected chi connectivity index (χ0v) is 17.0. The summed E-state index contributed by atoms with van der Waals surface area (Å²) in [7, 11) is 0. The first-order valence-electron chi connectivity index (χ1n) is 9.73. The van der Waals surface area contributed by atoms with Gasteiger partial charge in [-0.05, 0) is 61.5 Å². The third-order valence-electron chi connectivity index (χ3n) is 4.15. The van der Waals surface area contributed by atoms with Crippen molar-refractivity contribution in [2.45, 2.75) is 6.92 Å². The molecule has 7 nitrogen and oxygen atoms in total. The number of rotatable bonds is 8. The van der Waals surface area contributed by atoms with Gasteiger partial charge in [0.05, 0.1) is 5.56 Å². The van der Waals surface area contributed by atoms with Crippen LogP contribution in [0.4, 0.5) is 5.69 Å². The lowest BCUT2D eigenvalue weighted by molar-refractivity contribution is -0.119. The highest BCUT2D eigenvalue weighted by Crippen LogP contribution is 2.21. The van der Waals surface area contributed by atoms with E-state index in [9.17, 15) is 14.4 Å². The summed E-state index contributed by atoms with van der Waals surface area (Å²) in [5, 5.41) is 5.29. The minimum atomic E-state index is -0.627. The predicted octanol–water partition coefficient (Wildman–Crippen LogP) is 4.02. The number of carbonyl (C=O) groups excluding carboxylic acids is 3. The van der Waals surface area contributed by atoms with Crippen molar-refractivity contribution >= 4 is 23.5 Å².